The standard InChI is InChI=1S/C19H17ClN6O/c1-10(13-8-12-4-3-5-15(20)17(12)25-18(13)27)23-19-21-7-6-16(24-19)14-9-22-26-11(14)2/h3-10H,1-2H3,(H,22,26)(H,25,27)(H,21,23,24)/t10-/m0/s1. The number of hydrogen-bond donors (Lipinski definition) is 3. The molecule has 8 heteroatoms. The summed E-state index contributed by atoms with van der Waals surface area (Å²) in [4.78, 5) is 24.2. The second-order valence-electron chi connectivity index (χ2n) is 6.30. The lowest BCUT2D eigenvalue weighted by molar-refractivity contribution is 0.845. The van der Waals surface area contributed by atoms with Gasteiger partial charge in [0.2, 0.25) is 5.95 Å². The van der Waals surface area contributed by atoms with Crippen LogP contribution < -0.4 is 10.9 Å². The normalized spacial score (nSPS) is 12.3. The van der Waals surface area contributed by atoms with Crippen molar-refractivity contribution in [1.29, 1.82) is 0 Å². The number of H-pyrrole nitrogens is 2. The van der Waals surface area contributed by atoms with Crippen LogP contribution in [-0.4, -0.2) is 25.1 Å². The highest BCUT2D eigenvalue weighted by Crippen LogP contribution is 2.24. The fourth-order valence-corrected chi connectivity index (χ4v) is 3.22. The number of fused-ring (bicyclic) bond motifs is 1. The number of para-hydroxylation sites is 1. The maximum absolute atomic E-state index is 12.5. The summed E-state index contributed by atoms with van der Waals surface area (Å²) in [6, 6.07) is 8.87. The third-order valence-electron chi connectivity index (χ3n) is 4.43. The number of rotatable bonds is 4. The highest BCUT2D eigenvalue weighted by atomic mass is 35.5. The Bertz CT molecular complexity index is 1180. The molecule has 1 aromatic carbocycles. The van der Waals surface area contributed by atoms with Crippen LogP contribution >= 0.6 is 11.6 Å². The summed E-state index contributed by atoms with van der Waals surface area (Å²) in [6.07, 6.45) is 3.40. The first-order chi connectivity index (χ1) is 13.0. The average Bonchev–Trinajstić information content (AvgIpc) is 3.08. The molecule has 0 aliphatic carbocycles. The van der Waals surface area contributed by atoms with Crippen molar-refractivity contribution >= 4 is 28.5 Å². The van der Waals surface area contributed by atoms with E-state index in [1.165, 1.54) is 0 Å². The first-order valence-corrected chi connectivity index (χ1v) is 8.82. The van der Waals surface area contributed by atoms with Crippen molar-refractivity contribution in [2.24, 2.45) is 0 Å². The van der Waals surface area contributed by atoms with Gasteiger partial charge in [0.25, 0.3) is 5.56 Å². The Morgan fingerprint density at radius 2 is 2.11 bits per heavy atom. The van der Waals surface area contributed by atoms with Gasteiger partial charge in [0.05, 0.1) is 28.5 Å². The molecule has 4 aromatic rings. The summed E-state index contributed by atoms with van der Waals surface area (Å²) < 4.78 is 0. The van der Waals surface area contributed by atoms with Crippen LogP contribution in [0.3, 0.4) is 0 Å². The smallest absolute Gasteiger partial charge is 0.253 e. The highest BCUT2D eigenvalue weighted by molar-refractivity contribution is 6.35. The minimum absolute atomic E-state index is 0.197. The van der Waals surface area contributed by atoms with E-state index in [1.807, 2.05) is 38.1 Å². The second-order valence-corrected chi connectivity index (χ2v) is 6.71. The molecule has 0 aliphatic heterocycles. The predicted molar refractivity (Wildman–Crippen MR) is 106 cm³/mol. The van der Waals surface area contributed by atoms with E-state index in [0.29, 0.717) is 22.1 Å². The first kappa shape index (κ1) is 17.2. The van der Waals surface area contributed by atoms with Crippen molar-refractivity contribution in [1.82, 2.24) is 25.1 Å². The summed E-state index contributed by atoms with van der Waals surface area (Å²) in [5.74, 6) is 0.436. The van der Waals surface area contributed by atoms with Gasteiger partial charge in [-0.2, -0.15) is 5.10 Å². The molecule has 0 unspecified atom stereocenters. The number of benzene rings is 1. The molecular formula is C19H17ClN6O. The van der Waals surface area contributed by atoms with E-state index in [4.69, 9.17) is 11.6 Å². The number of nitrogens with zero attached hydrogens (tertiary/aromatic N) is 3. The van der Waals surface area contributed by atoms with E-state index in [-0.39, 0.29) is 11.6 Å². The van der Waals surface area contributed by atoms with Crippen molar-refractivity contribution in [3.8, 4) is 11.3 Å². The number of pyridine rings is 1. The molecule has 3 heterocycles. The molecule has 4 rings (SSSR count). The largest absolute Gasteiger partial charge is 0.347 e. The van der Waals surface area contributed by atoms with Crippen LogP contribution in [0.15, 0.2) is 47.5 Å². The van der Waals surface area contributed by atoms with Crippen LogP contribution in [0.25, 0.3) is 22.2 Å². The predicted octanol–water partition coefficient (Wildman–Crippen LogP) is 3.84. The first-order valence-electron chi connectivity index (χ1n) is 8.44. The van der Waals surface area contributed by atoms with Gasteiger partial charge in [-0.3, -0.25) is 9.89 Å². The quantitative estimate of drug-likeness (QED) is 0.499. The summed E-state index contributed by atoms with van der Waals surface area (Å²) in [5.41, 5.74) is 3.61. The van der Waals surface area contributed by atoms with Crippen molar-refractivity contribution in [3.63, 3.8) is 0 Å². The van der Waals surface area contributed by atoms with Gasteiger partial charge in [-0.15, -0.1) is 0 Å². The minimum Gasteiger partial charge on any atom is -0.347 e. The summed E-state index contributed by atoms with van der Waals surface area (Å²) in [5, 5.41) is 11.5. The van der Waals surface area contributed by atoms with E-state index in [1.54, 1.807) is 18.5 Å². The maximum atomic E-state index is 12.5. The van der Waals surface area contributed by atoms with Crippen LogP contribution in [0.2, 0.25) is 5.02 Å². The van der Waals surface area contributed by atoms with Crippen LogP contribution in [-0.2, 0) is 0 Å². The van der Waals surface area contributed by atoms with Gasteiger partial charge >= 0.3 is 0 Å². The fraction of sp³-hybridized carbons (Fsp3) is 0.158. The Kier molecular flexibility index (Phi) is 4.37. The van der Waals surface area contributed by atoms with Gasteiger partial charge in [-0.1, -0.05) is 23.7 Å². The zero-order chi connectivity index (χ0) is 19.0. The van der Waals surface area contributed by atoms with Crippen molar-refractivity contribution in [2.45, 2.75) is 19.9 Å². The number of aromatic amines is 2. The van der Waals surface area contributed by atoms with Gasteiger partial charge in [0.1, 0.15) is 0 Å². The summed E-state index contributed by atoms with van der Waals surface area (Å²) >= 11 is 6.16. The Labute approximate surface area is 159 Å². The Hall–Kier alpha value is -3.19. The van der Waals surface area contributed by atoms with Crippen LogP contribution in [0, 0.1) is 6.92 Å². The van der Waals surface area contributed by atoms with Crippen molar-refractivity contribution in [3.05, 3.63) is 69.4 Å². The molecule has 0 radical (unpaired) electrons. The monoisotopic (exact) mass is 380 g/mol. The van der Waals surface area contributed by atoms with Crippen molar-refractivity contribution in [2.75, 3.05) is 5.32 Å². The third-order valence-corrected chi connectivity index (χ3v) is 4.75. The Balaban J connectivity index is 1.66. The molecule has 27 heavy (non-hydrogen) atoms. The number of aryl methyl sites for hydroxylation is 1. The number of nitrogens with one attached hydrogen (secondary N) is 3. The molecule has 0 amide bonds. The second kappa shape index (κ2) is 6.85. The lowest BCUT2D eigenvalue weighted by atomic mass is 10.1. The average molecular weight is 381 g/mol. The Morgan fingerprint density at radius 1 is 1.26 bits per heavy atom. The molecule has 0 saturated carbocycles. The minimum atomic E-state index is -0.294. The summed E-state index contributed by atoms with van der Waals surface area (Å²) in [6.45, 7) is 3.82. The summed E-state index contributed by atoms with van der Waals surface area (Å²) in [7, 11) is 0. The number of anilines is 1. The van der Waals surface area contributed by atoms with Crippen molar-refractivity contribution < 1.29 is 0 Å². The molecular weight excluding hydrogens is 364 g/mol. The molecule has 1 atom stereocenters. The van der Waals surface area contributed by atoms with E-state index in [9.17, 15) is 4.79 Å². The maximum Gasteiger partial charge on any atom is 0.253 e. The lowest BCUT2D eigenvalue weighted by Crippen LogP contribution is -2.20. The van der Waals surface area contributed by atoms with Crippen LogP contribution in [0.1, 0.15) is 24.2 Å². The van der Waals surface area contributed by atoms with Gasteiger partial charge in [0, 0.05) is 28.4 Å². The van der Waals surface area contributed by atoms with E-state index >= 15 is 0 Å². The van der Waals surface area contributed by atoms with Gasteiger partial charge in [-0.05, 0) is 32.0 Å². The molecule has 0 bridgehead atoms. The highest BCUT2D eigenvalue weighted by Gasteiger charge is 2.14. The van der Waals surface area contributed by atoms with Gasteiger partial charge in [-0.25, -0.2) is 9.97 Å². The van der Waals surface area contributed by atoms with E-state index in [0.717, 1.165) is 22.3 Å². The third kappa shape index (κ3) is 3.29. The number of halogens is 1. The molecule has 3 aromatic heterocycles. The van der Waals surface area contributed by atoms with E-state index in [2.05, 4.69) is 30.5 Å². The topological polar surface area (TPSA) is 99.4 Å². The molecule has 7 nitrogen and oxygen atoms in total. The number of aromatic nitrogens is 5. The van der Waals surface area contributed by atoms with Gasteiger partial charge < -0.3 is 10.3 Å². The zero-order valence-corrected chi connectivity index (χ0v) is 15.5. The molecule has 3 N–H and O–H groups in total. The molecule has 0 spiro atoms. The SMILES string of the molecule is Cc1[nH]ncc1-c1ccnc(N[C@@H](C)c2cc3cccc(Cl)c3[nH]c2=O)n1. The van der Waals surface area contributed by atoms with Crippen LogP contribution in [0.4, 0.5) is 5.95 Å². The molecule has 0 saturated heterocycles. The Morgan fingerprint density at radius 3 is 2.89 bits per heavy atom. The molecule has 0 aliphatic rings. The molecule has 0 fully saturated rings. The van der Waals surface area contributed by atoms with Gasteiger partial charge in [0.15, 0.2) is 0 Å². The van der Waals surface area contributed by atoms with E-state index < -0.39 is 0 Å². The van der Waals surface area contributed by atoms with Crippen LogP contribution in [0.5, 0.6) is 0 Å². The molecule has 136 valence electrons. The number of hydrogen-bond acceptors (Lipinski definition) is 5. The lowest BCUT2D eigenvalue weighted by Gasteiger charge is -2.14. The zero-order valence-electron chi connectivity index (χ0n) is 14.7. The fourth-order valence-electron chi connectivity index (χ4n) is 2.99.